The second kappa shape index (κ2) is 7.33. The number of aromatic nitrogens is 1. The summed E-state index contributed by atoms with van der Waals surface area (Å²) in [6, 6.07) is 8.14. The zero-order valence-corrected chi connectivity index (χ0v) is 14.2. The first kappa shape index (κ1) is 17.6. The zero-order valence-electron chi connectivity index (χ0n) is 14.2. The molecule has 0 spiro atoms. The summed E-state index contributed by atoms with van der Waals surface area (Å²) in [5, 5.41) is 14.5. The number of likely N-dealkylation sites (tertiary alicyclic amines) is 1. The summed E-state index contributed by atoms with van der Waals surface area (Å²) in [6.45, 7) is 1.31. The van der Waals surface area contributed by atoms with E-state index in [0.29, 0.717) is 37.3 Å². The van der Waals surface area contributed by atoms with E-state index in [2.05, 4.69) is 5.16 Å². The van der Waals surface area contributed by atoms with E-state index in [4.69, 9.17) is 4.52 Å². The van der Waals surface area contributed by atoms with E-state index in [9.17, 15) is 14.3 Å². The minimum atomic E-state index is -1.47. The lowest BCUT2D eigenvalue weighted by molar-refractivity contribution is -0.160. The molecule has 1 saturated heterocycles. The fraction of sp³-hybridized carbons (Fsp3) is 0.444. The van der Waals surface area contributed by atoms with Gasteiger partial charge in [-0.25, -0.2) is 4.39 Å². The topological polar surface area (TPSA) is 69.8 Å². The largest absolute Gasteiger partial charge is 0.379 e. The van der Waals surface area contributed by atoms with Crippen molar-refractivity contribution in [3.05, 3.63) is 53.7 Å². The van der Waals surface area contributed by atoms with Crippen LogP contribution in [0.4, 0.5) is 4.39 Å². The molecule has 0 bridgehead atoms. The Balaban J connectivity index is 1.66. The highest BCUT2D eigenvalue weighted by Gasteiger charge is 2.43. The van der Waals surface area contributed by atoms with Gasteiger partial charge in [0.05, 0.1) is 12.7 Å². The van der Waals surface area contributed by atoms with Crippen molar-refractivity contribution in [2.24, 2.45) is 0 Å². The first-order valence-corrected chi connectivity index (χ1v) is 8.31. The molecule has 1 atom stereocenters. The van der Waals surface area contributed by atoms with E-state index in [1.165, 1.54) is 11.0 Å². The van der Waals surface area contributed by atoms with Crippen LogP contribution in [0.5, 0.6) is 0 Å². The molecular formula is C18H22FN3O3. The van der Waals surface area contributed by atoms with E-state index < -0.39 is 5.60 Å². The Labute approximate surface area is 145 Å². The molecule has 6 nitrogen and oxygen atoms in total. The van der Waals surface area contributed by atoms with Gasteiger partial charge in [-0.15, -0.1) is 0 Å². The maximum Gasteiger partial charge on any atom is 0.256 e. The van der Waals surface area contributed by atoms with Crippen molar-refractivity contribution in [3.63, 3.8) is 0 Å². The number of likely N-dealkylation sites (N-methyl/N-ethyl adjacent to an activating group) is 1. The number of carbonyl (C=O) groups is 1. The van der Waals surface area contributed by atoms with Crippen molar-refractivity contribution < 1.29 is 18.8 Å². The lowest BCUT2D eigenvalue weighted by atomic mass is 9.90. The number of amides is 1. The van der Waals surface area contributed by atoms with Crippen molar-refractivity contribution in [2.75, 3.05) is 20.1 Å². The van der Waals surface area contributed by atoms with E-state index in [1.54, 1.807) is 30.5 Å². The van der Waals surface area contributed by atoms with Crippen molar-refractivity contribution in [2.45, 2.75) is 31.5 Å². The molecule has 1 amide bonds. The van der Waals surface area contributed by atoms with Gasteiger partial charge in [0.1, 0.15) is 5.82 Å². The fourth-order valence-electron chi connectivity index (χ4n) is 3.29. The van der Waals surface area contributed by atoms with Crippen LogP contribution in [0.15, 0.2) is 41.1 Å². The van der Waals surface area contributed by atoms with Crippen molar-refractivity contribution >= 4 is 5.91 Å². The molecule has 0 saturated carbocycles. The van der Waals surface area contributed by atoms with Gasteiger partial charge in [0.2, 0.25) is 0 Å². The van der Waals surface area contributed by atoms with Crippen LogP contribution in [0.1, 0.15) is 24.2 Å². The maximum absolute atomic E-state index is 13.9. The second-order valence-corrected chi connectivity index (χ2v) is 6.60. The molecule has 0 aliphatic carbocycles. The third-order valence-electron chi connectivity index (χ3n) is 4.47. The number of hydrogen-bond donors (Lipinski definition) is 1. The number of hydrogen-bond acceptors (Lipinski definition) is 5. The molecular weight excluding hydrogens is 325 g/mol. The molecule has 0 radical (unpaired) electrons. The van der Waals surface area contributed by atoms with Crippen molar-refractivity contribution in [1.82, 2.24) is 15.0 Å². The van der Waals surface area contributed by atoms with Crippen LogP contribution < -0.4 is 0 Å². The summed E-state index contributed by atoms with van der Waals surface area (Å²) >= 11 is 0. The number of piperidine rings is 1. The Bertz CT molecular complexity index is 722. The van der Waals surface area contributed by atoms with E-state index in [0.717, 1.165) is 0 Å². The second-order valence-electron chi connectivity index (χ2n) is 6.60. The summed E-state index contributed by atoms with van der Waals surface area (Å²) in [6.07, 6.45) is 2.62. The molecule has 1 aromatic heterocycles. The molecule has 1 aromatic carbocycles. The molecule has 1 aliphatic heterocycles. The van der Waals surface area contributed by atoms with Gasteiger partial charge in [-0.2, -0.15) is 0 Å². The quantitative estimate of drug-likeness (QED) is 0.863. The first-order chi connectivity index (χ1) is 12.0. The SMILES string of the molecule is CN(Cc1ccno1)C[C@@]1(O)CCCN(Cc2ccccc2F)C1=O. The van der Waals surface area contributed by atoms with E-state index >= 15 is 0 Å². The number of nitrogens with zero attached hydrogens (tertiary/aromatic N) is 3. The van der Waals surface area contributed by atoms with Gasteiger partial charge in [0, 0.05) is 31.3 Å². The average Bonchev–Trinajstić information content (AvgIpc) is 3.06. The summed E-state index contributed by atoms with van der Waals surface area (Å²) < 4.78 is 18.9. The highest BCUT2D eigenvalue weighted by atomic mass is 19.1. The Morgan fingerprint density at radius 3 is 2.92 bits per heavy atom. The van der Waals surface area contributed by atoms with Gasteiger partial charge in [-0.3, -0.25) is 9.69 Å². The van der Waals surface area contributed by atoms with Crippen molar-refractivity contribution in [3.8, 4) is 0 Å². The first-order valence-electron chi connectivity index (χ1n) is 8.31. The predicted molar refractivity (Wildman–Crippen MR) is 88.8 cm³/mol. The van der Waals surface area contributed by atoms with E-state index in [1.807, 2.05) is 11.9 Å². The minimum Gasteiger partial charge on any atom is -0.379 e. The lowest BCUT2D eigenvalue weighted by Gasteiger charge is -2.40. The van der Waals surface area contributed by atoms with Gasteiger partial charge < -0.3 is 14.5 Å². The number of carbonyl (C=O) groups excluding carboxylic acids is 1. The number of halogens is 1. The van der Waals surface area contributed by atoms with Gasteiger partial charge in [0.25, 0.3) is 5.91 Å². The van der Waals surface area contributed by atoms with Gasteiger partial charge >= 0.3 is 0 Å². The van der Waals surface area contributed by atoms with Gasteiger partial charge in [-0.05, 0) is 26.0 Å². The summed E-state index contributed by atoms with van der Waals surface area (Å²) in [5.41, 5.74) is -1.02. The molecule has 3 rings (SSSR count). The molecule has 25 heavy (non-hydrogen) atoms. The molecule has 1 N–H and O–H groups in total. The molecule has 2 heterocycles. The maximum atomic E-state index is 13.9. The van der Waals surface area contributed by atoms with Crippen LogP contribution in [0.2, 0.25) is 0 Å². The zero-order chi connectivity index (χ0) is 17.9. The molecule has 1 fully saturated rings. The Hall–Kier alpha value is -2.25. The summed E-state index contributed by atoms with van der Waals surface area (Å²) in [4.78, 5) is 16.1. The number of rotatable bonds is 6. The fourth-order valence-corrected chi connectivity index (χ4v) is 3.29. The molecule has 7 heteroatoms. The molecule has 134 valence electrons. The number of benzene rings is 1. The monoisotopic (exact) mass is 347 g/mol. The van der Waals surface area contributed by atoms with Crippen LogP contribution in [0, 0.1) is 5.82 Å². The van der Waals surface area contributed by atoms with E-state index in [-0.39, 0.29) is 24.8 Å². The van der Waals surface area contributed by atoms with Gasteiger partial charge in [0.15, 0.2) is 11.4 Å². The molecule has 0 unspecified atom stereocenters. The average molecular weight is 347 g/mol. The normalized spacial score (nSPS) is 21.1. The van der Waals surface area contributed by atoms with Crippen LogP contribution in [-0.4, -0.2) is 51.7 Å². The predicted octanol–water partition coefficient (Wildman–Crippen LogP) is 1.80. The smallest absolute Gasteiger partial charge is 0.256 e. The van der Waals surface area contributed by atoms with Crippen LogP contribution in [-0.2, 0) is 17.9 Å². The number of aliphatic hydroxyl groups is 1. The molecule has 2 aromatic rings. The Morgan fingerprint density at radius 2 is 2.20 bits per heavy atom. The van der Waals surface area contributed by atoms with Gasteiger partial charge in [-0.1, -0.05) is 23.4 Å². The highest BCUT2D eigenvalue weighted by Crippen LogP contribution is 2.26. The lowest BCUT2D eigenvalue weighted by Crippen LogP contribution is -2.57. The third-order valence-corrected chi connectivity index (χ3v) is 4.47. The van der Waals surface area contributed by atoms with Crippen LogP contribution in [0.25, 0.3) is 0 Å². The molecule has 1 aliphatic rings. The Morgan fingerprint density at radius 1 is 1.40 bits per heavy atom. The summed E-state index contributed by atoms with van der Waals surface area (Å²) in [5.74, 6) is -0.0316. The highest BCUT2D eigenvalue weighted by molar-refractivity contribution is 5.86. The van der Waals surface area contributed by atoms with Crippen LogP contribution >= 0.6 is 0 Å². The van der Waals surface area contributed by atoms with Crippen LogP contribution in [0.3, 0.4) is 0 Å². The third kappa shape index (κ3) is 4.05. The standard InChI is InChI=1S/C18H22FN3O3/c1-21(12-15-7-9-20-25-15)13-18(24)8-4-10-22(17(18)23)11-14-5-2-3-6-16(14)19/h2-3,5-7,9,24H,4,8,10-13H2,1H3/t18-/m0/s1. The minimum absolute atomic E-state index is 0.166. The van der Waals surface area contributed by atoms with Crippen molar-refractivity contribution in [1.29, 1.82) is 0 Å². The Kier molecular flexibility index (Phi) is 5.15. The summed E-state index contributed by atoms with van der Waals surface area (Å²) in [7, 11) is 1.81.